The van der Waals surface area contributed by atoms with Gasteiger partial charge in [0.1, 0.15) is 18.8 Å². The lowest BCUT2D eigenvalue weighted by atomic mass is 10.1. The maximum absolute atomic E-state index is 10.5. The molecule has 0 bridgehead atoms. The lowest BCUT2D eigenvalue weighted by Crippen LogP contribution is -2.50. The first kappa shape index (κ1) is 9.74. The highest BCUT2D eigenvalue weighted by atomic mass is 17.1. The highest BCUT2D eigenvalue weighted by molar-refractivity contribution is 4.98. The van der Waals surface area contributed by atoms with Gasteiger partial charge in [0.25, 0.3) is 0 Å². The average molecular weight is 206 g/mol. The largest absolute Gasteiger partial charge is 0.374 e. The van der Waals surface area contributed by atoms with E-state index in [0.29, 0.717) is 0 Å². The molecule has 2 aliphatic rings. The van der Waals surface area contributed by atoms with Crippen LogP contribution in [0, 0.1) is 10.1 Å². The summed E-state index contributed by atoms with van der Waals surface area (Å²) in [6.45, 7) is -0.593. The third-order valence-corrected chi connectivity index (χ3v) is 2.49. The van der Waals surface area contributed by atoms with Gasteiger partial charge in [0.05, 0.1) is 11.5 Å². The molecule has 2 fully saturated rings. The van der Waals surface area contributed by atoms with Gasteiger partial charge in [-0.05, 0) is 5.26 Å². The molecule has 2 aliphatic heterocycles. The zero-order chi connectivity index (χ0) is 10.3. The standard InChI is InChI=1S/C6H8NO7/c8-6(7(9)10)2-13-4-3(14-11)1-12-5(4)6/h3-5,8H,1-2H2/t3-,4+,5-,6+/m0/s1. The van der Waals surface area contributed by atoms with Crippen LogP contribution >= 0.6 is 0 Å². The molecule has 0 unspecified atom stereocenters. The molecule has 1 radical (unpaired) electrons. The summed E-state index contributed by atoms with van der Waals surface area (Å²) in [6.07, 6.45) is -2.88. The van der Waals surface area contributed by atoms with Gasteiger partial charge in [-0.1, -0.05) is 0 Å². The Kier molecular flexibility index (Phi) is 2.16. The second kappa shape index (κ2) is 3.11. The topological polar surface area (TPSA) is 111 Å². The smallest absolute Gasteiger partial charge is 0.362 e. The van der Waals surface area contributed by atoms with Gasteiger partial charge < -0.3 is 14.6 Å². The summed E-state index contributed by atoms with van der Waals surface area (Å²) in [6, 6.07) is 0. The number of fused-ring (bicyclic) bond motifs is 1. The van der Waals surface area contributed by atoms with Gasteiger partial charge in [-0.2, -0.15) is 4.89 Å². The minimum atomic E-state index is -2.27. The maximum atomic E-state index is 10.5. The summed E-state index contributed by atoms with van der Waals surface area (Å²) < 4.78 is 9.83. The molecule has 8 nitrogen and oxygen atoms in total. The number of ether oxygens (including phenoxy) is 2. The molecule has 2 rings (SSSR count). The van der Waals surface area contributed by atoms with Crippen molar-refractivity contribution in [1.29, 1.82) is 0 Å². The Morgan fingerprint density at radius 3 is 2.86 bits per heavy atom. The fraction of sp³-hybridized carbons (Fsp3) is 1.00. The molecule has 0 aromatic carbocycles. The van der Waals surface area contributed by atoms with Crippen LogP contribution in [0.4, 0.5) is 0 Å². The second-order valence-corrected chi connectivity index (χ2v) is 3.30. The molecule has 2 heterocycles. The van der Waals surface area contributed by atoms with E-state index >= 15 is 0 Å². The minimum Gasteiger partial charge on any atom is -0.362 e. The van der Waals surface area contributed by atoms with E-state index in [1.54, 1.807) is 0 Å². The van der Waals surface area contributed by atoms with E-state index in [0.717, 1.165) is 0 Å². The number of hydrogen-bond donors (Lipinski definition) is 1. The van der Waals surface area contributed by atoms with Gasteiger partial charge in [0.2, 0.25) is 0 Å². The van der Waals surface area contributed by atoms with Crippen LogP contribution in [0.3, 0.4) is 0 Å². The first-order valence-electron chi connectivity index (χ1n) is 3.98. The predicted molar refractivity (Wildman–Crippen MR) is 37.0 cm³/mol. The Morgan fingerprint density at radius 1 is 1.57 bits per heavy atom. The van der Waals surface area contributed by atoms with Crippen molar-refractivity contribution < 1.29 is 29.6 Å². The Bertz CT molecular complexity index is 259. The Hall–Kier alpha value is -0.800. The summed E-state index contributed by atoms with van der Waals surface area (Å²) >= 11 is 0. The van der Waals surface area contributed by atoms with E-state index in [4.69, 9.17) is 9.47 Å². The highest BCUT2D eigenvalue weighted by Gasteiger charge is 2.65. The molecule has 0 aliphatic carbocycles. The normalized spacial score (nSPS) is 46.6. The lowest BCUT2D eigenvalue weighted by molar-refractivity contribution is -0.631. The molecule has 0 aromatic rings. The molecule has 0 saturated carbocycles. The lowest BCUT2D eigenvalue weighted by Gasteiger charge is -2.16. The molecule has 14 heavy (non-hydrogen) atoms. The van der Waals surface area contributed by atoms with Gasteiger partial charge in [-0.3, -0.25) is 10.1 Å². The van der Waals surface area contributed by atoms with Crippen LogP contribution in [0.1, 0.15) is 0 Å². The zero-order valence-electron chi connectivity index (χ0n) is 6.99. The van der Waals surface area contributed by atoms with Gasteiger partial charge in [-0.25, -0.2) is 0 Å². The Labute approximate surface area is 78.1 Å². The Balaban J connectivity index is 2.18. The van der Waals surface area contributed by atoms with Crippen LogP contribution in [-0.2, 0) is 19.6 Å². The summed E-state index contributed by atoms with van der Waals surface area (Å²) in [5, 5.41) is 30.2. The summed E-state index contributed by atoms with van der Waals surface area (Å²) in [7, 11) is 0. The van der Waals surface area contributed by atoms with Crippen molar-refractivity contribution in [2.75, 3.05) is 13.2 Å². The maximum Gasteiger partial charge on any atom is 0.374 e. The van der Waals surface area contributed by atoms with Crippen LogP contribution in [0.5, 0.6) is 0 Å². The van der Waals surface area contributed by atoms with Crippen LogP contribution in [0.2, 0.25) is 0 Å². The van der Waals surface area contributed by atoms with Crippen molar-refractivity contribution in [1.82, 2.24) is 0 Å². The van der Waals surface area contributed by atoms with Crippen molar-refractivity contribution in [2.24, 2.45) is 0 Å². The van der Waals surface area contributed by atoms with E-state index in [9.17, 15) is 20.5 Å². The monoisotopic (exact) mass is 206 g/mol. The molecule has 0 amide bonds. The van der Waals surface area contributed by atoms with Gasteiger partial charge >= 0.3 is 5.72 Å². The number of nitrogens with zero attached hydrogens (tertiary/aromatic N) is 1. The molecule has 8 heteroatoms. The number of aliphatic hydroxyl groups is 1. The van der Waals surface area contributed by atoms with Crippen molar-refractivity contribution in [3.63, 3.8) is 0 Å². The zero-order valence-corrected chi connectivity index (χ0v) is 6.99. The molecule has 4 atom stereocenters. The highest BCUT2D eigenvalue weighted by Crippen LogP contribution is 2.35. The van der Waals surface area contributed by atoms with Crippen LogP contribution in [0.15, 0.2) is 0 Å². The Morgan fingerprint density at radius 2 is 2.29 bits per heavy atom. The van der Waals surface area contributed by atoms with Crippen molar-refractivity contribution in [2.45, 2.75) is 24.0 Å². The molecule has 0 aromatic heterocycles. The average Bonchev–Trinajstić information content (AvgIpc) is 2.68. The third-order valence-electron chi connectivity index (χ3n) is 2.49. The molecular weight excluding hydrogens is 198 g/mol. The van der Waals surface area contributed by atoms with E-state index in [1.165, 1.54) is 0 Å². The number of rotatable bonds is 2. The quantitative estimate of drug-likeness (QED) is 0.254. The van der Waals surface area contributed by atoms with E-state index < -0.39 is 35.6 Å². The summed E-state index contributed by atoms with van der Waals surface area (Å²) in [5.41, 5.74) is -2.27. The molecule has 1 N–H and O–H groups in total. The van der Waals surface area contributed by atoms with Crippen molar-refractivity contribution in [3.8, 4) is 0 Å². The van der Waals surface area contributed by atoms with Crippen LogP contribution < -0.4 is 0 Å². The molecule has 2 saturated heterocycles. The van der Waals surface area contributed by atoms with Crippen LogP contribution in [0.25, 0.3) is 0 Å². The first-order valence-corrected chi connectivity index (χ1v) is 3.98. The van der Waals surface area contributed by atoms with Crippen molar-refractivity contribution in [3.05, 3.63) is 10.1 Å². The van der Waals surface area contributed by atoms with Gasteiger partial charge in [0, 0.05) is 0 Å². The van der Waals surface area contributed by atoms with Crippen molar-refractivity contribution >= 4 is 0 Å². The first-order chi connectivity index (χ1) is 6.59. The van der Waals surface area contributed by atoms with Crippen LogP contribution in [-0.4, -0.2) is 47.3 Å². The number of hydrogen-bond acceptors (Lipinski definition) is 6. The third kappa shape index (κ3) is 1.12. The minimum absolute atomic E-state index is 0.102. The number of nitro groups is 1. The van der Waals surface area contributed by atoms with E-state index in [2.05, 4.69) is 4.89 Å². The van der Waals surface area contributed by atoms with E-state index in [1.807, 2.05) is 0 Å². The fourth-order valence-electron chi connectivity index (χ4n) is 1.71. The SMILES string of the molecule is [O]O[C@H]1CO[C@H]2[C@@H]1OC[C@]2(O)[N+](=O)[O-]. The van der Waals surface area contributed by atoms with Gasteiger partial charge in [0.15, 0.2) is 6.10 Å². The summed E-state index contributed by atoms with van der Waals surface area (Å²) in [4.78, 5) is 13.4. The summed E-state index contributed by atoms with van der Waals surface area (Å²) in [5.74, 6) is 0. The predicted octanol–water partition coefficient (Wildman–Crippen LogP) is -1.52. The second-order valence-electron chi connectivity index (χ2n) is 3.30. The molecule has 79 valence electrons. The molecular formula is C6H8NO7. The fourth-order valence-corrected chi connectivity index (χ4v) is 1.71. The molecule has 0 spiro atoms. The van der Waals surface area contributed by atoms with Gasteiger partial charge in [-0.15, -0.1) is 0 Å². The van der Waals surface area contributed by atoms with E-state index in [-0.39, 0.29) is 6.61 Å².